The van der Waals surface area contributed by atoms with Crippen LogP contribution in [0.25, 0.3) is 0 Å². The zero-order valence-corrected chi connectivity index (χ0v) is 8.94. The van der Waals surface area contributed by atoms with Crippen LogP contribution in [0.15, 0.2) is 18.3 Å². The summed E-state index contributed by atoms with van der Waals surface area (Å²) in [6, 6.07) is 3.99. The van der Waals surface area contributed by atoms with Gasteiger partial charge in [-0.05, 0) is 37.3 Å². The minimum atomic E-state index is -0.320. The molecule has 2 rings (SSSR count). The minimum absolute atomic E-state index is 0.291. The highest BCUT2D eigenvalue weighted by atomic mass is 16.1. The number of amides is 1. The van der Waals surface area contributed by atoms with E-state index in [-0.39, 0.29) is 11.8 Å². The molecular formula is C12H16N2O. The van der Waals surface area contributed by atoms with Gasteiger partial charge in [0, 0.05) is 6.20 Å². The van der Waals surface area contributed by atoms with Gasteiger partial charge in [0.25, 0.3) is 0 Å². The van der Waals surface area contributed by atoms with E-state index in [1.165, 1.54) is 24.8 Å². The van der Waals surface area contributed by atoms with Gasteiger partial charge in [0.15, 0.2) is 0 Å². The fourth-order valence-corrected chi connectivity index (χ4v) is 1.80. The number of carbonyl (C=O) groups excluding carboxylic acids is 1. The number of primary amides is 1. The predicted octanol–water partition coefficient (Wildman–Crippen LogP) is 1.94. The molecule has 3 nitrogen and oxygen atoms in total. The number of hydrogen-bond acceptors (Lipinski definition) is 2. The van der Waals surface area contributed by atoms with Crippen molar-refractivity contribution in [2.24, 2.45) is 5.73 Å². The lowest BCUT2D eigenvalue weighted by atomic mass is 9.80. The molecule has 0 saturated heterocycles. The summed E-state index contributed by atoms with van der Waals surface area (Å²) in [6.45, 7) is 1.79. The van der Waals surface area contributed by atoms with Gasteiger partial charge >= 0.3 is 0 Å². The molecule has 1 unspecified atom stereocenters. The lowest BCUT2D eigenvalue weighted by Crippen LogP contribution is -2.19. The third-order valence-corrected chi connectivity index (χ3v) is 3.26. The number of pyridine rings is 1. The second kappa shape index (κ2) is 4.01. The smallest absolute Gasteiger partial charge is 0.226 e. The second-order valence-corrected chi connectivity index (χ2v) is 4.27. The third kappa shape index (κ3) is 2.01. The van der Waals surface area contributed by atoms with Crippen LogP contribution in [-0.4, -0.2) is 10.9 Å². The molecule has 80 valence electrons. The van der Waals surface area contributed by atoms with E-state index in [1.807, 2.05) is 12.3 Å². The van der Waals surface area contributed by atoms with Crippen LogP contribution in [0.1, 0.15) is 49.3 Å². The molecule has 1 aliphatic rings. The Morgan fingerprint density at radius 3 is 2.67 bits per heavy atom. The van der Waals surface area contributed by atoms with Gasteiger partial charge in [-0.1, -0.05) is 12.5 Å². The second-order valence-electron chi connectivity index (χ2n) is 4.27. The Labute approximate surface area is 89.7 Å². The van der Waals surface area contributed by atoms with Crippen molar-refractivity contribution in [1.29, 1.82) is 0 Å². The van der Waals surface area contributed by atoms with E-state index in [2.05, 4.69) is 11.1 Å². The van der Waals surface area contributed by atoms with E-state index in [4.69, 9.17) is 5.73 Å². The summed E-state index contributed by atoms with van der Waals surface area (Å²) in [5.41, 5.74) is 7.29. The lowest BCUT2D eigenvalue weighted by Gasteiger charge is -2.25. The van der Waals surface area contributed by atoms with E-state index >= 15 is 0 Å². The summed E-state index contributed by atoms with van der Waals surface area (Å²) >= 11 is 0. The highest BCUT2D eigenvalue weighted by Gasteiger charge is 2.20. The summed E-state index contributed by atoms with van der Waals surface area (Å²) in [4.78, 5) is 15.3. The van der Waals surface area contributed by atoms with Crippen molar-refractivity contribution in [1.82, 2.24) is 4.98 Å². The van der Waals surface area contributed by atoms with Crippen molar-refractivity contribution in [3.8, 4) is 0 Å². The summed E-state index contributed by atoms with van der Waals surface area (Å²) < 4.78 is 0. The zero-order chi connectivity index (χ0) is 10.8. The molecule has 3 heteroatoms. The molecule has 0 bridgehead atoms. The monoisotopic (exact) mass is 204 g/mol. The molecule has 1 heterocycles. The van der Waals surface area contributed by atoms with Crippen LogP contribution in [-0.2, 0) is 4.79 Å². The summed E-state index contributed by atoms with van der Waals surface area (Å²) in [6.07, 6.45) is 5.75. The van der Waals surface area contributed by atoms with Gasteiger partial charge in [-0.15, -0.1) is 0 Å². The van der Waals surface area contributed by atoms with Gasteiger partial charge in [-0.2, -0.15) is 0 Å². The van der Waals surface area contributed by atoms with Gasteiger partial charge in [-0.3, -0.25) is 9.78 Å². The normalized spacial score (nSPS) is 18.2. The Balaban J connectivity index is 2.12. The first-order chi connectivity index (χ1) is 7.18. The number of nitrogens with zero attached hydrogens (tertiary/aromatic N) is 1. The Hall–Kier alpha value is -1.38. The quantitative estimate of drug-likeness (QED) is 0.818. The van der Waals surface area contributed by atoms with Crippen LogP contribution in [0.5, 0.6) is 0 Å². The Bertz CT molecular complexity index is 354. The van der Waals surface area contributed by atoms with Crippen molar-refractivity contribution in [3.63, 3.8) is 0 Å². The highest BCUT2D eigenvalue weighted by Crippen LogP contribution is 2.36. The molecule has 2 N–H and O–H groups in total. The Morgan fingerprint density at radius 1 is 1.53 bits per heavy atom. The first-order valence-corrected chi connectivity index (χ1v) is 5.43. The van der Waals surface area contributed by atoms with Crippen LogP contribution >= 0.6 is 0 Å². The van der Waals surface area contributed by atoms with Gasteiger partial charge in [0.2, 0.25) is 5.91 Å². The predicted molar refractivity (Wildman–Crippen MR) is 58.4 cm³/mol. The summed E-state index contributed by atoms with van der Waals surface area (Å²) in [7, 11) is 0. The molecule has 1 aromatic heterocycles. The zero-order valence-electron chi connectivity index (χ0n) is 8.94. The molecule has 1 saturated carbocycles. The summed E-state index contributed by atoms with van der Waals surface area (Å²) in [5.74, 6) is 0.0785. The van der Waals surface area contributed by atoms with E-state index in [0.717, 1.165) is 5.69 Å². The molecule has 1 aliphatic carbocycles. The van der Waals surface area contributed by atoms with E-state index in [9.17, 15) is 4.79 Å². The van der Waals surface area contributed by atoms with Gasteiger partial charge in [0.1, 0.15) is 0 Å². The first kappa shape index (κ1) is 10.1. The van der Waals surface area contributed by atoms with Gasteiger partial charge < -0.3 is 5.73 Å². The third-order valence-electron chi connectivity index (χ3n) is 3.26. The van der Waals surface area contributed by atoms with Crippen molar-refractivity contribution in [2.45, 2.75) is 38.0 Å². The maximum atomic E-state index is 11.0. The summed E-state index contributed by atoms with van der Waals surface area (Å²) in [5, 5.41) is 0. The molecule has 1 aromatic rings. The fraction of sp³-hybridized carbons (Fsp3) is 0.500. The fourth-order valence-electron chi connectivity index (χ4n) is 1.80. The molecule has 0 radical (unpaired) electrons. The van der Waals surface area contributed by atoms with Crippen LogP contribution in [0.2, 0.25) is 0 Å². The maximum absolute atomic E-state index is 11.0. The van der Waals surface area contributed by atoms with Crippen molar-refractivity contribution < 1.29 is 4.79 Å². The highest BCUT2D eigenvalue weighted by molar-refractivity contribution is 5.80. The lowest BCUT2D eigenvalue weighted by molar-refractivity contribution is -0.119. The van der Waals surface area contributed by atoms with Crippen LogP contribution in [0.4, 0.5) is 0 Å². The average molecular weight is 204 g/mol. The molecule has 0 spiro atoms. The maximum Gasteiger partial charge on any atom is 0.226 e. The van der Waals surface area contributed by atoms with Crippen LogP contribution < -0.4 is 5.73 Å². The number of nitrogens with two attached hydrogens (primary N) is 1. The molecule has 0 aromatic carbocycles. The molecule has 0 aliphatic heterocycles. The van der Waals surface area contributed by atoms with E-state index < -0.39 is 0 Å². The number of aromatic nitrogens is 1. The number of hydrogen-bond donors (Lipinski definition) is 1. The molecule has 15 heavy (non-hydrogen) atoms. The largest absolute Gasteiger partial charge is 0.369 e. The van der Waals surface area contributed by atoms with Crippen LogP contribution in [0.3, 0.4) is 0 Å². The standard InChI is InChI=1S/C12H16N2O/c1-8(12(13)15)11-6-5-10(7-14-11)9-3-2-4-9/h5-9H,2-4H2,1H3,(H2,13,15). The Morgan fingerprint density at radius 2 is 2.27 bits per heavy atom. The van der Waals surface area contributed by atoms with Crippen molar-refractivity contribution >= 4 is 5.91 Å². The molecule has 1 amide bonds. The number of rotatable bonds is 3. The topological polar surface area (TPSA) is 56.0 Å². The van der Waals surface area contributed by atoms with Crippen LogP contribution in [0, 0.1) is 0 Å². The minimum Gasteiger partial charge on any atom is -0.369 e. The van der Waals surface area contributed by atoms with E-state index in [1.54, 1.807) is 6.92 Å². The van der Waals surface area contributed by atoms with Gasteiger partial charge in [0.05, 0.1) is 11.6 Å². The molecular weight excluding hydrogens is 188 g/mol. The number of carbonyl (C=O) groups is 1. The van der Waals surface area contributed by atoms with E-state index in [0.29, 0.717) is 5.92 Å². The first-order valence-electron chi connectivity index (χ1n) is 5.43. The molecule has 1 atom stereocenters. The Kier molecular flexibility index (Phi) is 2.71. The van der Waals surface area contributed by atoms with Crippen molar-refractivity contribution in [3.05, 3.63) is 29.6 Å². The average Bonchev–Trinajstić information content (AvgIpc) is 2.15. The van der Waals surface area contributed by atoms with Gasteiger partial charge in [-0.25, -0.2) is 0 Å². The SMILES string of the molecule is CC(C(N)=O)c1ccc(C2CCC2)cn1. The molecule has 1 fully saturated rings. The van der Waals surface area contributed by atoms with Crippen molar-refractivity contribution in [2.75, 3.05) is 0 Å².